The lowest BCUT2D eigenvalue weighted by Crippen LogP contribution is -1.88. The van der Waals surface area contributed by atoms with Crippen molar-refractivity contribution in [1.82, 2.24) is 0 Å². The fourth-order valence-electron chi connectivity index (χ4n) is 1.59. The SMILES string of the molecule is C=C(C)c1cc(Oc2ccc(N)cc2)ccc1O. The fraction of sp³-hybridized carbons (Fsp3) is 0.0667. The molecule has 92 valence electrons. The molecular weight excluding hydrogens is 226 g/mol. The van der Waals surface area contributed by atoms with Gasteiger partial charge < -0.3 is 15.6 Å². The van der Waals surface area contributed by atoms with Crippen LogP contribution in [-0.2, 0) is 0 Å². The number of nitrogen functional groups attached to an aromatic ring is 1. The van der Waals surface area contributed by atoms with E-state index in [1.165, 1.54) is 0 Å². The first-order chi connectivity index (χ1) is 8.56. The number of hydrogen-bond donors (Lipinski definition) is 2. The zero-order valence-corrected chi connectivity index (χ0v) is 10.2. The second-order valence-corrected chi connectivity index (χ2v) is 4.13. The highest BCUT2D eigenvalue weighted by molar-refractivity contribution is 5.68. The Morgan fingerprint density at radius 1 is 1.11 bits per heavy atom. The van der Waals surface area contributed by atoms with Gasteiger partial charge in [-0.25, -0.2) is 0 Å². The number of hydrogen-bond acceptors (Lipinski definition) is 3. The smallest absolute Gasteiger partial charge is 0.128 e. The van der Waals surface area contributed by atoms with Crippen LogP contribution < -0.4 is 10.5 Å². The molecule has 0 fully saturated rings. The summed E-state index contributed by atoms with van der Waals surface area (Å²) in [7, 11) is 0. The summed E-state index contributed by atoms with van der Waals surface area (Å²) >= 11 is 0. The van der Waals surface area contributed by atoms with Crippen molar-refractivity contribution in [2.75, 3.05) is 5.73 Å². The number of phenolic OH excluding ortho intramolecular Hbond substituents is 1. The van der Waals surface area contributed by atoms with Crippen LogP contribution in [0.4, 0.5) is 5.69 Å². The minimum absolute atomic E-state index is 0.201. The fourth-order valence-corrected chi connectivity index (χ4v) is 1.59. The van der Waals surface area contributed by atoms with E-state index in [1.54, 1.807) is 42.5 Å². The molecule has 2 rings (SSSR count). The molecule has 3 nitrogen and oxygen atoms in total. The van der Waals surface area contributed by atoms with E-state index in [0.29, 0.717) is 22.7 Å². The van der Waals surface area contributed by atoms with Crippen molar-refractivity contribution >= 4 is 11.3 Å². The van der Waals surface area contributed by atoms with E-state index in [4.69, 9.17) is 10.5 Å². The van der Waals surface area contributed by atoms with Crippen molar-refractivity contribution in [3.8, 4) is 17.2 Å². The van der Waals surface area contributed by atoms with Crippen molar-refractivity contribution < 1.29 is 9.84 Å². The molecule has 0 saturated carbocycles. The lowest BCUT2D eigenvalue weighted by Gasteiger charge is -2.09. The lowest BCUT2D eigenvalue weighted by molar-refractivity contribution is 0.463. The molecule has 0 spiro atoms. The summed E-state index contributed by atoms with van der Waals surface area (Å²) in [6.07, 6.45) is 0. The van der Waals surface area contributed by atoms with E-state index in [-0.39, 0.29) is 5.75 Å². The maximum atomic E-state index is 9.67. The number of ether oxygens (including phenoxy) is 1. The van der Waals surface area contributed by atoms with E-state index in [9.17, 15) is 5.11 Å². The van der Waals surface area contributed by atoms with Crippen LogP contribution in [0.25, 0.3) is 5.57 Å². The number of nitrogens with two attached hydrogens (primary N) is 1. The molecule has 0 bridgehead atoms. The third-order valence-electron chi connectivity index (χ3n) is 2.54. The Morgan fingerprint density at radius 3 is 2.33 bits per heavy atom. The number of anilines is 1. The highest BCUT2D eigenvalue weighted by Gasteiger charge is 2.05. The zero-order chi connectivity index (χ0) is 13.1. The second kappa shape index (κ2) is 4.84. The maximum Gasteiger partial charge on any atom is 0.128 e. The Bertz CT molecular complexity index is 574. The Labute approximate surface area is 106 Å². The van der Waals surface area contributed by atoms with Crippen molar-refractivity contribution in [2.24, 2.45) is 0 Å². The van der Waals surface area contributed by atoms with Gasteiger partial charge in [0.2, 0.25) is 0 Å². The maximum absolute atomic E-state index is 9.67. The van der Waals surface area contributed by atoms with Gasteiger partial charge in [0.25, 0.3) is 0 Å². The summed E-state index contributed by atoms with van der Waals surface area (Å²) in [4.78, 5) is 0. The number of benzene rings is 2. The van der Waals surface area contributed by atoms with Gasteiger partial charge in [0, 0.05) is 11.3 Å². The van der Waals surface area contributed by atoms with Gasteiger partial charge in [-0.2, -0.15) is 0 Å². The molecule has 0 radical (unpaired) electrons. The number of allylic oxidation sites excluding steroid dienone is 1. The monoisotopic (exact) mass is 241 g/mol. The van der Waals surface area contributed by atoms with Gasteiger partial charge in [0.1, 0.15) is 17.2 Å². The Kier molecular flexibility index (Phi) is 3.24. The van der Waals surface area contributed by atoms with Crippen LogP contribution in [0.5, 0.6) is 17.2 Å². The summed E-state index contributed by atoms with van der Waals surface area (Å²) in [6, 6.07) is 12.2. The van der Waals surface area contributed by atoms with Crippen LogP contribution in [-0.4, -0.2) is 5.11 Å². The van der Waals surface area contributed by atoms with Gasteiger partial charge in [-0.3, -0.25) is 0 Å². The number of rotatable bonds is 3. The van der Waals surface area contributed by atoms with Gasteiger partial charge in [0.15, 0.2) is 0 Å². The predicted octanol–water partition coefficient (Wildman–Crippen LogP) is 3.80. The lowest BCUT2D eigenvalue weighted by atomic mass is 10.1. The second-order valence-electron chi connectivity index (χ2n) is 4.13. The molecule has 0 amide bonds. The minimum Gasteiger partial charge on any atom is -0.507 e. The van der Waals surface area contributed by atoms with Crippen LogP contribution in [0, 0.1) is 0 Å². The molecule has 3 N–H and O–H groups in total. The molecule has 2 aromatic carbocycles. The first kappa shape index (κ1) is 12.0. The Hall–Kier alpha value is -2.42. The van der Waals surface area contributed by atoms with Gasteiger partial charge >= 0.3 is 0 Å². The third-order valence-corrected chi connectivity index (χ3v) is 2.54. The summed E-state index contributed by atoms with van der Waals surface area (Å²) in [6.45, 7) is 5.65. The van der Waals surface area contributed by atoms with E-state index in [1.807, 2.05) is 6.92 Å². The highest BCUT2D eigenvalue weighted by Crippen LogP contribution is 2.30. The molecule has 0 aliphatic carbocycles. The van der Waals surface area contributed by atoms with E-state index < -0.39 is 0 Å². The van der Waals surface area contributed by atoms with Crippen LogP contribution in [0.15, 0.2) is 49.0 Å². The summed E-state index contributed by atoms with van der Waals surface area (Å²) in [5.74, 6) is 1.55. The van der Waals surface area contributed by atoms with Gasteiger partial charge in [0.05, 0.1) is 0 Å². The largest absolute Gasteiger partial charge is 0.507 e. The van der Waals surface area contributed by atoms with Crippen molar-refractivity contribution in [3.63, 3.8) is 0 Å². The average Bonchev–Trinajstić information content (AvgIpc) is 2.34. The normalized spacial score (nSPS) is 10.1. The van der Waals surface area contributed by atoms with Crippen LogP contribution in [0.2, 0.25) is 0 Å². The highest BCUT2D eigenvalue weighted by atomic mass is 16.5. The molecule has 0 aromatic heterocycles. The predicted molar refractivity (Wildman–Crippen MR) is 73.7 cm³/mol. The van der Waals surface area contributed by atoms with Crippen LogP contribution in [0.1, 0.15) is 12.5 Å². The molecule has 0 aliphatic rings. The molecule has 2 aromatic rings. The molecule has 0 saturated heterocycles. The molecule has 3 heteroatoms. The minimum atomic E-state index is 0.201. The average molecular weight is 241 g/mol. The summed E-state index contributed by atoms with van der Waals surface area (Å²) in [5, 5.41) is 9.67. The van der Waals surface area contributed by atoms with Crippen molar-refractivity contribution in [3.05, 3.63) is 54.6 Å². The third kappa shape index (κ3) is 2.63. The molecule has 0 atom stereocenters. The number of phenols is 1. The van der Waals surface area contributed by atoms with Crippen LogP contribution >= 0.6 is 0 Å². The quantitative estimate of drug-likeness (QED) is 0.803. The van der Waals surface area contributed by atoms with Gasteiger partial charge in [-0.1, -0.05) is 6.58 Å². The van der Waals surface area contributed by atoms with Crippen molar-refractivity contribution in [1.29, 1.82) is 0 Å². The van der Waals surface area contributed by atoms with Gasteiger partial charge in [-0.15, -0.1) is 0 Å². The molecular formula is C15H15NO2. The summed E-state index contributed by atoms with van der Waals surface area (Å²) in [5.41, 5.74) is 7.76. The van der Waals surface area contributed by atoms with Crippen molar-refractivity contribution in [2.45, 2.75) is 6.92 Å². The first-order valence-electron chi connectivity index (χ1n) is 5.58. The van der Waals surface area contributed by atoms with E-state index >= 15 is 0 Å². The topological polar surface area (TPSA) is 55.5 Å². The molecule has 0 heterocycles. The molecule has 0 unspecified atom stereocenters. The molecule has 18 heavy (non-hydrogen) atoms. The van der Waals surface area contributed by atoms with Crippen LogP contribution in [0.3, 0.4) is 0 Å². The van der Waals surface area contributed by atoms with Gasteiger partial charge in [-0.05, 0) is 55.0 Å². The number of aromatic hydroxyl groups is 1. The Balaban J connectivity index is 2.27. The Morgan fingerprint density at radius 2 is 1.72 bits per heavy atom. The molecule has 0 aliphatic heterocycles. The van der Waals surface area contributed by atoms with E-state index in [0.717, 1.165) is 5.57 Å². The first-order valence-corrected chi connectivity index (χ1v) is 5.58. The van der Waals surface area contributed by atoms with E-state index in [2.05, 4.69) is 6.58 Å². The zero-order valence-electron chi connectivity index (χ0n) is 10.2. The summed E-state index contributed by atoms with van der Waals surface area (Å²) < 4.78 is 5.67. The standard InChI is InChI=1S/C15H15NO2/c1-10(2)14-9-13(7-8-15(14)17)18-12-5-3-11(16)4-6-12/h3-9,17H,1,16H2,2H3.